The number of urea groups is 1. The zero-order valence-electron chi connectivity index (χ0n) is 16.1. The summed E-state index contributed by atoms with van der Waals surface area (Å²) in [5, 5.41) is 23.0. The first kappa shape index (κ1) is 21.1. The molecule has 0 saturated heterocycles. The molecule has 1 heterocycles. The lowest BCUT2D eigenvalue weighted by molar-refractivity contribution is -0.113. The Balaban J connectivity index is 1.92. The number of methoxy groups -OCH3 is 1. The van der Waals surface area contributed by atoms with E-state index >= 15 is 0 Å². The maximum atomic E-state index is 13.0. The first-order valence-electron chi connectivity index (χ1n) is 8.69. The number of sulfonamides is 1. The lowest BCUT2D eigenvalue weighted by Gasteiger charge is -2.29. The second kappa shape index (κ2) is 8.05. The fourth-order valence-electron chi connectivity index (χ4n) is 3.06. The predicted molar refractivity (Wildman–Crippen MR) is 108 cm³/mol. The molecule has 2 aromatic carbocycles. The average Bonchev–Trinajstić information content (AvgIpc) is 2.66. The number of allylic oxidation sites excluding steroid dienone is 1. The fourth-order valence-corrected chi connectivity index (χ4v) is 3.57. The van der Waals surface area contributed by atoms with Crippen LogP contribution in [0.4, 0.5) is 10.5 Å². The Kier molecular flexibility index (Phi) is 5.67. The molecule has 1 aliphatic rings. The van der Waals surface area contributed by atoms with Crippen LogP contribution in [0.3, 0.4) is 0 Å². The third-order valence-corrected chi connectivity index (χ3v) is 5.42. The van der Waals surface area contributed by atoms with Crippen molar-refractivity contribution in [3.8, 4) is 11.5 Å². The van der Waals surface area contributed by atoms with Crippen molar-refractivity contribution in [1.82, 2.24) is 10.6 Å². The normalized spacial score (nSPS) is 16.5. The minimum atomic E-state index is -3.85. The molecule has 6 N–H and O–H groups in total. The summed E-state index contributed by atoms with van der Waals surface area (Å²) >= 11 is 0. The zero-order chi connectivity index (χ0) is 22.1. The van der Waals surface area contributed by atoms with Crippen molar-refractivity contribution in [2.75, 3.05) is 12.4 Å². The summed E-state index contributed by atoms with van der Waals surface area (Å²) in [7, 11) is -2.44. The maximum Gasteiger partial charge on any atom is 0.319 e. The van der Waals surface area contributed by atoms with E-state index in [0.29, 0.717) is 16.9 Å². The van der Waals surface area contributed by atoms with Gasteiger partial charge in [-0.2, -0.15) is 0 Å². The highest BCUT2D eigenvalue weighted by atomic mass is 32.2. The number of hydrogen-bond acceptors (Lipinski definition) is 6. The van der Waals surface area contributed by atoms with Crippen molar-refractivity contribution in [2.45, 2.75) is 17.9 Å². The van der Waals surface area contributed by atoms with Gasteiger partial charge in [0, 0.05) is 11.4 Å². The molecule has 0 aromatic heterocycles. The second-order valence-electron chi connectivity index (χ2n) is 6.52. The molecule has 3 rings (SSSR count). The van der Waals surface area contributed by atoms with E-state index in [9.17, 15) is 23.1 Å². The van der Waals surface area contributed by atoms with Crippen LogP contribution in [0.25, 0.3) is 0 Å². The zero-order valence-corrected chi connectivity index (χ0v) is 16.9. The maximum absolute atomic E-state index is 13.0. The Morgan fingerprint density at radius 2 is 1.87 bits per heavy atom. The van der Waals surface area contributed by atoms with E-state index in [2.05, 4.69) is 16.0 Å². The van der Waals surface area contributed by atoms with E-state index in [0.717, 1.165) is 0 Å². The number of amides is 3. The van der Waals surface area contributed by atoms with Gasteiger partial charge in [-0.05, 0) is 48.9 Å². The van der Waals surface area contributed by atoms with Gasteiger partial charge in [-0.15, -0.1) is 0 Å². The summed E-state index contributed by atoms with van der Waals surface area (Å²) < 4.78 is 27.8. The largest absolute Gasteiger partial charge is 0.504 e. The Hall–Kier alpha value is -3.57. The molecule has 1 atom stereocenters. The lowest BCUT2D eigenvalue weighted by atomic mass is 9.94. The van der Waals surface area contributed by atoms with Crippen LogP contribution in [0, 0.1) is 0 Å². The number of benzene rings is 2. The van der Waals surface area contributed by atoms with Gasteiger partial charge >= 0.3 is 6.03 Å². The molecule has 0 bridgehead atoms. The molecule has 11 heteroatoms. The highest BCUT2D eigenvalue weighted by molar-refractivity contribution is 7.89. The first-order valence-corrected chi connectivity index (χ1v) is 10.2. The number of nitrogens with one attached hydrogen (secondary N) is 3. The lowest BCUT2D eigenvalue weighted by Crippen LogP contribution is -2.45. The molecule has 158 valence electrons. The minimum Gasteiger partial charge on any atom is -0.504 e. The summed E-state index contributed by atoms with van der Waals surface area (Å²) in [6.45, 7) is 1.58. The third kappa shape index (κ3) is 4.36. The van der Waals surface area contributed by atoms with E-state index < -0.39 is 28.0 Å². The summed E-state index contributed by atoms with van der Waals surface area (Å²) in [4.78, 5) is 24.9. The Bertz CT molecular complexity index is 1140. The number of ether oxygens (including phenoxy) is 1. The van der Waals surface area contributed by atoms with E-state index in [1.165, 1.54) is 43.5 Å². The topological polar surface area (TPSA) is 160 Å². The van der Waals surface area contributed by atoms with E-state index in [1.54, 1.807) is 13.0 Å². The first-order chi connectivity index (χ1) is 14.1. The molecule has 1 unspecified atom stereocenters. The Morgan fingerprint density at radius 1 is 1.20 bits per heavy atom. The molecule has 10 nitrogen and oxygen atoms in total. The molecule has 30 heavy (non-hydrogen) atoms. The van der Waals surface area contributed by atoms with Crippen molar-refractivity contribution in [1.29, 1.82) is 0 Å². The van der Waals surface area contributed by atoms with Gasteiger partial charge in [0.15, 0.2) is 11.5 Å². The van der Waals surface area contributed by atoms with Crippen molar-refractivity contribution in [3.63, 3.8) is 0 Å². The molecule has 0 spiro atoms. The van der Waals surface area contributed by atoms with Gasteiger partial charge in [0.25, 0.3) is 5.91 Å². The third-order valence-electron chi connectivity index (χ3n) is 4.49. The van der Waals surface area contributed by atoms with Crippen molar-refractivity contribution in [3.05, 3.63) is 59.3 Å². The summed E-state index contributed by atoms with van der Waals surface area (Å²) in [6, 6.07) is 8.55. The Morgan fingerprint density at radius 3 is 2.43 bits per heavy atom. The highest BCUT2D eigenvalue weighted by Gasteiger charge is 2.31. The van der Waals surface area contributed by atoms with Crippen LogP contribution in [-0.4, -0.2) is 32.6 Å². The number of primary sulfonamides is 1. The van der Waals surface area contributed by atoms with Gasteiger partial charge < -0.3 is 25.8 Å². The van der Waals surface area contributed by atoms with Gasteiger partial charge in [0.05, 0.1) is 23.6 Å². The summed E-state index contributed by atoms with van der Waals surface area (Å²) in [5.74, 6) is -0.414. The number of phenols is 1. The average molecular weight is 432 g/mol. The van der Waals surface area contributed by atoms with Crippen LogP contribution in [0.1, 0.15) is 18.5 Å². The Labute approximate surface area is 172 Å². The highest BCUT2D eigenvalue weighted by Crippen LogP contribution is 2.33. The molecule has 2 aromatic rings. The number of carbonyl (C=O) groups excluding carboxylic acids is 2. The minimum absolute atomic E-state index is 0.0888. The van der Waals surface area contributed by atoms with Gasteiger partial charge in [0.1, 0.15) is 0 Å². The van der Waals surface area contributed by atoms with Crippen LogP contribution < -0.4 is 25.8 Å². The molecule has 0 aliphatic carbocycles. The number of hydrogen-bond donors (Lipinski definition) is 5. The van der Waals surface area contributed by atoms with E-state index in [-0.39, 0.29) is 22.0 Å². The van der Waals surface area contributed by atoms with Crippen LogP contribution in [0.5, 0.6) is 11.5 Å². The molecule has 0 saturated carbocycles. The summed E-state index contributed by atoms with van der Waals surface area (Å²) in [5.41, 5.74) is 1.35. The number of carbonyl (C=O) groups is 2. The van der Waals surface area contributed by atoms with E-state index in [1.807, 2.05) is 0 Å². The standard InChI is InChI=1S/C19H20N4O6S/c1-10-16(18(25)22-12-4-6-13(7-5-12)30(20,27)28)17(23-19(26)21-10)11-3-8-15(29-2)14(24)9-11/h3-9,17,24H,1-2H3,(H,22,25)(H2,20,27,28)(H2,21,23,26). The van der Waals surface area contributed by atoms with Crippen molar-refractivity contribution >= 4 is 27.6 Å². The molecule has 0 radical (unpaired) electrons. The van der Waals surface area contributed by atoms with Gasteiger partial charge in [-0.1, -0.05) is 6.07 Å². The van der Waals surface area contributed by atoms with Crippen LogP contribution in [0.15, 0.2) is 58.6 Å². The summed E-state index contributed by atoms with van der Waals surface area (Å²) in [6.07, 6.45) is 0. The molecular formula is C19H20N4O6S. The number of anilines is 1. The van der Waals surface area contributed by atoms with Crippen LogP contribution in [0.2, 0.25) is 0 Å². The van der Waals surface area contributed by atoms with Crippen LogP contribution in [-0.2, 0) is 14.8 Å². The fraction of sp³-hybridized carbons (Fsp3) is 0.158. The van der Waals surface area contributed by atoms with Gasteiger partial charge in [-0.25, -0.2) is 18.4 Å². The monoisotopic (exact) mass is 432 g/mol. The number of nitrogens with two attached hydrogens (primary N) is 1. The van der Waals surface area contributed by atoms with E-state index in [4.69, 9.17) is 9.88 Å². The smallest absolute Gasteiger partial charge is 0.319 e. The SMILES string of the molecule is COc1ccc(C2NC(=O)NC(C)=C2C(=O)Nc2ccc(S(N)(=O)=O)cc2)cc1O. The van der Waals surface area contributed by atoms with Crippen molar-refractivity contribution in [2.24, 2.45) is 5.14 Å². The number of rotatable bonds is 5. The number of phenolic OH excluding ortho intramolecular Hbond substituents is 1. The molecule has 3 amide bonds. The van der Waals surface area contributed by atoms with Gasteiger partial charge in [-0.3, -0.25) is 4.79 Å². The van der Waals surface area contributed by atoms with Crippen LogP contribution >= 0.6 is 0 Å². The molecular weight excluding hydrogens is 412 g/mol. The quantitative estimate of drug-likeness (QED) is 0.479. The molecule has 0 fully saturated rings. The molecule has 1 aliphatic heterocycles. The number of aromatic hydroxyl groups is 1. The predicted octanol–water partition coefficient (Wildman–Crippen LogP) is 1.31. The second-order valence-corrected chi connectivity index (χ2v) is 8.09. The van der Waals surface area contributed by atoms with Crippen molar-refractivity contribution < 1.29 is 27.9 Å². The van der Waals surface area contributed by atoms with Gasteiger partial charge in [0.2, 0.25) is 10.0 Å².